The molecule has 2 aromatic rings. The summed E-state index contributed by atoms with van der Waals surface area (Å²) in [7, 11) is 0. The summed E-state index contributed by atoms with van der Waals surface area (Å²) in [5, 5.41) is 12.2. The lowest BCUT2D eigenvalue weighted by Gasteiger charge is -2.13. The molecule has 3 nitrogen and oxygen atoms in total. The maximum atomic E-state index is 8.95. The van der Waals surface area contributed by atoms with Crippen LogP contribution in [-0.4, -0.2) is 0 Å². The Bertz CT molecular complexity index is 597. The van der Waals surface area contributed by atoms with Crippen molar-refractivity contribution >= 4 is 17.1 Å². The lowest BCUT2D eigenvalue weighted by atomic mass is 10.1. The van der Waals surface area contributed by atoms with Gasteiger partial charge in [0, 0.05) is 5.69 Å². The zero-order valence-electron chi connectivity index (χ0n) is 10.3. The molecule has 0 atom stereocenters. The van der Waals surface area contributed by atoms with Crippen molar-refractivity contribution in [1.82, 2.24) is 0 Å². The summed E-state index contributed by atoms with van der Waals surface area (Å²) in [5.41, 5.74) is 9.96. The molecule has 0 aromatic heterocycles. The van der Waals surface area contributed by atoms with E-state index < -0.39 is 0 Å². The van der Waals surface area contributed by atoms with Crippen LogP contribution in [0.2, 0.25) is 0 Å². The number of benzene rings is 2. The zero-order valence-corrected chi connectivity index (χ0v) is 10.3. The van der Waals surface area contributed by atoms with Crippen molar-refractivity contribution in [1.29, 1.82) is 5.26 Å². The smallest absolute Gasteiger partial charge is 0.101 e. The first-order valence-electron chi connectivity index (χ1n) is 5.89. The van der Waals surface area contributed by atoms with Gasteiger partial charge >= 0.3 is 0 Å². The monoisotopic (exact) mass is 237 g/mol. The van der Waals surface area contributed by atoms with Gasteiger partial charge in [-0.25, -0.2) is 0 Å². The zero-order chi connectivity index (χ0) is 13.0. The van der Waals surface area contributed by atoms with Gasteiger partial charge in [-0.15, -0.1) is 0 Å². The molecule has 0 heterocycles. The van der Waals surface area contributed by atoms with Crippen LogP contribution in [0.1, 0.15) is 18.1 Å². The topological polar surface area (TPSA) is 61.8 Å². The summed E-state index contributed by atoms with van der Waals surface area (Å²) in [6.07, 6.45) is 0.945. The average Bonchev–Trinajstić information content (AvgIpc) is 2.42. The summed E-state index contributed by atoms with van der Waals surface area (Å²) < 4.78 is 0. The van der Waals surface area contributed by atoms with E-state index in [-0.39, 0.29) is 0 Å². The third-order valence-electron chi connectivity index (χ3n) is 2.89. The number of hydrogen-bond donors (Lipinski definition) is 2. The highest BCUT2D eigenvalue weighted by Crippen LogP contribution is 2.27. The molecule has 0 aliphatic heterocycles. The van der Waals surface area contributed by atoms with Crippen molar-refractivity contribution < 1.29 is 0 Å². The van der Waals surface area contributed by atoms with E-state index in [0.29, 0.717) is 11.3 Å². The first-order valence-corrected chi connectivity index (χ1v) is 5.89. The average molecular weight is 237 g/mol. The van der Waals surface area contributed by atoms with Crippen LogP contribution in [0.15, 0.2) is 42.5 Å². The third kappa shape index (κ3) is 2.28. The molecular weight excluding hydrogens is 222 g/mol. The molecule has 0 spiro atoms. The predicted octanol–water partition coefficient (Wildman–Crippen LogP) is 3.45. The van der Waals surface area contributed by atoms with Gasteiger partial charge in [0.2, 0.25) is 0 Å². The Morgan fingerprint density at radius 1 is 1.11 bits per heavy atom. The Morgan fingerprint density at radius 2 is 1.83 bits per heavy atom. The molecule has 0 saturated heterocycles. The van der Waals surface area contributed by atoms with Gasteiger partial charge < -0.3 is 11.1 Å². The Balaban J connectivity index is 2.38. The Labute approximate surface area is 107 Å². The molecule has 3 N–H and O–H groups in total. The molecule has 0 bridgehead atoms. The lowest BCUT2D eigenvalue weighted by Crippen LogP contribution is -2.00. The quantitative estimate of drug-likeness (QED) is 0.804. The van der Waals surface area contributed by atoms with Crippen LogP contribution in [0.3, 0.4) is 0 Å². The second kappa shape index (κ2) is 5.24. The summed E-state index contributed by atoms with van der Waals surface area (Å²) in [6.45, 7) is 2.11. The van der Waals surface area contributed by atoms with Crippen LogP contribution in [0.25, 0.3) is 0 Å². The van der Waals surface area contributed by atoms with Gasteiger partial charge in [-0.3, -0.25) is 0 Å². The number of nitrogens with two attached hydrogens (primary N) is 1. The van der Waals surface area contributed by atoms with Gasteiger partial charge in [-0.2, -0.15) is 5.26 Å². The molecule has 0 aliphatic carbocycles. The molecule has 0 aliphatic rings. The number of rotatable bonds is 3. The van der Waals surface area contributed by atoms with Gasteiger partial charge in [0.05, 0.1) is 16.9 Å². The molecule has 18 heavy (non-hydrogen) atoms. The highest BCUT2D eigenvalue weighted by Gasteiger charge is 2.06. The Kier molecular flexibility index (Phi) is 3.49. The van der Waals surface area contributed by atoms with Gasteiger partial charge in [0.25, 0.3) is 0 Å². The number of nitrogen functional groups attached to an aromatic ring is 1. The highest BCUT2D eigenvalue weighted by atomic mass is 14.9. The normalized spacial score (nSPS) is 9.78. The Morgan fingerprint density at radius 3 is 2.56 bits per heavy atom. The van der Waals surface area contributed by atoms with E-state index in [1.807, 2.05) is 30.3 Å². The summed E-state index contributed by atoms with van der Waals surface area (Å²) >= 11 is 0. The summed E-state index contributed by atoms with van der Waals surface area (Å²) in [6, 6.07) is 15.6. The van der Waals surface area contributed by atoms with Gasteiger partial charge in [0.15, 0.2) is 0 Å². The van der Waals surface area contributed by atoms with E-state index in [9.17, 15) is 0 Å². The van der Waals surface area contributed by atoms with Crippen molar-refractivity contribution in [2.24, 2.45) is 0 Å². The number of para-hydroxylation sites is 2. The van der Waals surface area contributed by atoms with Crippen LogP contribution >= 0.6 is 0 Å². The molecule has 0 radical (unpaired) electrons. The molecule has 0 fully saturated rings. The molecule has 2 rings (SSSR count). The van der Waals surface area contributed by atoms with Gasteiger partial charge in [-0.05, 0) is 30.2 Å². The SMILES string of the molecule is CCc1ccccc1Nc1cccc(C#N)c1N. The third-order valence-corrected chi connectivity index (χ3v) is 2.89. The second-order valence-corrected chi connectivity index (χ2v) is 4.01. The second-order valence-electron chi connectivity index (χ2n) is 4.01. The van der Waals surface area contributed by atoms with Crippen molar-refractivity contribution in [2.75, 3.05) is 11.1 Å². The van der Waals surface area contributed by atoms with Crippen LogP contribution in [0.5, 0.6) is 0 Å². The van der Waals surface area contributed by atoms with Crippen molar-refractivity contribution in [3.63, 3.8) is 0 Å². The maximum absolute atomic E-state index is 8.95. The summed E-state index contributed by atoms with van der Waals surface area (Å²) in [5.74, 6) is 0. The van der Waals surface area contributed by atoms with Gasteiger partial charge in [0.1, 0.15) is 6.07 Å². The Hall–Kier alpha value is -2.47. The molecule has 90 valence electrons. The first kappa shape index (κ1) is 12.0. The minimum absolute atomic E-state index is 0.492. The number of nitrogens with zero attached hydrogens (tertiary/aromatic N) is 1. The van der Waals surface area contributed by atoms with Crippen LogP contribution in [0.4, 0.5) is 17.1 Å². The molecule has 2 aromatic carbocycles. The first-order chi connectivity index (χ1) is 8.76. The molecule has 0 saturated carbocycles. The molecular formula is C15H15N3. The minimum Gasteiger partial charge on any atom is -0.396 e. The number of nitrogens with one attached hydrogen (secondary N) is 1. The maximum Gasteiger partial charge on any atom is 0.101 e. The number of nitriles is 1. The fraction of sp³-hybridized carbons (Fsp3) is 0.133. The van der Waals surface area contributed by atoms with E-state index in [4.69, 9.17) is 11.0 Å². The lowest BCUT2D eigenvalue weighted by molar-refractivity contribution is 1.14. The standard InChI is InChI=1S/C15H15N3/c1-2-11-6-3-4-8-13(11)18-14-9-5-7-12(10-16)15(14)17/h3-9,18H,2,17H2,1H3. The molecule has 3 heteroatoms. The van der Waals surface area contributed by atoms with Crippen molar-refractivity contribution in [2.45, 2.75) is 13.3 Å². The van der Waals surface area contributed by atoms with Gasteiger partial charge in [-0.1, -0.05) is 31.2 Å². The minimum atomic E-state index is 0.492. The van der Waals surface area contributed by atoms with Crippen LogP contribution < -0.4 is 11.1 Å². The van der Waals surface area contributed by atoms with Crippen LogP contribution in [0, 0.1) is 11.3 Å². The largest absolute Gasteiger partial charge is 0.396 e. The summed E-state index contributed by atoms with van der Waals surface area (Å²) in [4.78, 5) is 0. The number of hydrogen-bond acceptors (Lipinski definition) is 3. The molecule has 0 unspecified atom stereocenters. The van der Waals surface area contributed by atoms with Crippen LogP contribution in [-0.2, 0) is 6.42 Å². The fourth-order valence-electron chi connectivity index (χ4n) is 1.87. The highest BCUT2D eigenvalue weighted by molar-refractivity contribution is 5.78. The van der Waals surface area contributed by atoms with E-state index in [1.165, 1.54) is 5.56 Å². The molecule has 0 amide bonds. The number of anilines is 3. The van der Waals surface area contributed by atoms with E-state index in [1.54, 1.807) is 6.07 Å². The fourth-order valence-corrected chi connectivity index (χ4v) is 1.87. The van der Waals surface area contributed by atoms with E-state index in [0.717, 1.165) is 17.8 Å². The van der Waals surface area contributed by atoms with E-state index in [2.05, 4.69) is 24.4 Å². The predicted molar refractivity (Wildman–Crippen MR) is 74.7 cm³/mol. The number of aryl methyl sites for hydroxylation is 1. The van der Waals surface area contributed by atoms with E-state index >= 15 is 0 Å². The van der Waals surface area contributed by atoms with Crippen molar-refractivity contribution in [3.8, 4) is 6.07 Å². The van der Waals surface area contributed by atoms with Crippen molar-refractivity contribution in [3.05, 3.63) is 53.6 Å².